The third-order valence-corrected chi connectivity index (χ3v) is 3.04. The van der Waals surface area contributed by atoms with Crippen LogP contribution in [0.3, 0.4) is 0 Å². The van der Waals surface area contributed by atoms with Crippen LogP contribution in [0, 0.1) is 0 Å². The minimum atomic E-state index is -0.379. The number of benzene rings is 2. The van der Waals surface area contributed by atoms with E-state index < -0.39 is 0 Å². The molecule has 0 radical (unpaired) electrons. The van der Waals surface area contributed by atoms with Gasteiger partial charge in [0.2, 0.25) is 11.8 Å². The minimum absolute atomic E-state index is 0.379. The molecule has 0 bridgehead atoms. The van der Waals surface area contributed by atoms with E-state index in [-0.39, 0.29) is 5.91 Å². The Hall–Kier alpha value is -2.59. The number of halogens is 1. The van der Waals surface area contributed by atoms with E-state index in [2.05, 4.69) is 4.98 Å². The predicted octanol–water partition coefficient (Wildman–Crippen LogP) is 3.87. The maximum atomic E-state index is 10.4. The number of carbonyl (C=O) groups is 1. The zero-order valence-electron chi connectivity index (χ0n) is 11.8. The summed E-state index contributed by atoms with van der Waals surface area (Å²) in [7, 11) is 0. The third-order valence-electron chi connectivity index (χ3n) is 2.77. The molecule has 3 rings (SSSR count). The van der Waals surface area contributed by atoms with Crippen molar-refractivity contribution in [1.82, 2.24) is 4.98 Å². The molecule has 0 unspecified atom stereocenters. The lowest BCUT2D eigenvalue weighted by atomic mass is 10.2. The highest BCUT2D eigenvalue weighted by Crippen LogP contribution is 2.18. The molecule has 0 atom stereocenters. The number of carbonyl (C=O) groups excluding carboxylic acids is 1. The average molecular weight is 315 g/mol. The predicted molar refractivity (Wildman–Crippen MR) is 86.5 cm³/mol. The van der Waals surface area contributed by atoms with Crippen LogP contribution in [0.1, 0.15) is 16.1 Å². The first-order valence-electron chi connectivity index (χ1n) is 6.61. The molecule has 2 aromatic carbocycles. The standard InChI is InChI=1S/C10H8ClNO.C7H7NO/c11-6-9-7-13-10(12-9)8-4-2-1-3-5-8;8-7(9)6-4-2-1-3-5-6/h1-5,7H,6H2;1-5H,(H2,8,9). The Kier molecular flexibility index (Phi) is 5.74. The molecule has 0 saturated carbocycles. The van der Waals surface area contributed by atoms with Gasteiger partial charge in [-0.2, -0.15) is 0 Å². The molecule has 1 aromatic heterocycles. The van der Waals surface area contributed by atoms with Crippen molar-refractivity contribution in [2.75, 3.05) is 0 Å². The highest BCUT2D eigenvalue weighted by Gasteiger charge is 2.04. The van der Waals surface area contributed by atoms with E-state index in [1.807, 2.05) is 36.4 Å². The number of rotatable bonds is 3. The Balaban J connectivity index is 0.000000172. The molecule has 4 nitrogen and oxygen atoms in total. The number of alkyl halides is 1. The molecule has 0 spiro atoms. The molecule has 3 aromatic rings. The zero-order valence-corrected chi connectivity index (χ0v) is 12.5. The number of amides is 1. The fraction of sp³-hybridized carbons (Fsp3) is 0.0588. The fourth-order valence-electron chi connectivity index (χ4n) is 1.68. The summed E-state index contributed by atoms with van der Waals surface area (Å²) in [6.07, 6.45) is 1.58. The number of hydrogen-bond acceptors (Lipinski definition) is 3. The largest absolute Gasteiger partial charge is 0.444 e. The van der Waals surface area contributed by atoms with Gasteiger partial charge >= 0.3 is 0 Å². The second-order valence-electron chi connectivity index (χ2n) is 4.37. The van der Waals surface area contributed by atoms with Crippen LogP contribution in [0.15, 0.2) is 71.3 Å². The number of nitrogens with two attached hydrogens (primary N) is 1. The molecule has 1 amide bonds. The van der Waals surface area contributed by atoms with Crippen LogP contribution in [0.5, 0.6) is 0 Å². The number of aromatic nitrogens is 1. The van der Waals surface area contributed by atoms with Crippen molar-refractivity contribution in [3.63, 3.8) is 0 Å². The summed E-state index contributed by atoms with van der Waals surface area (Å²) in [6, 6.07) is 18.5. The van der Waals surface area contributed by atoms with Gasteiger partial charge < -0.3 is 10.2 Å². The summed E-state index contributed by atoms with van der Waals surface area (Å²) >= 11 is 5.61. The summed E-state index contributed by atoms with van der Waals surface area (Å²) in [4.78, 5) is 14.6. The van der Waals surface area contributed by atoms with Crippen LogP contribution in [0.25, 0.3) is 11.5 Å². The lowest BCUT2D eigenvalue weighted by Crippen LogP contribution is -2.09. The third kappa shape index (κ3) is 4.46. The van der Waals surface area contributed by atoms with Gasteiger partial charge in [0, 0.05) is 11.1 Å². The van der Waals surface area contributed by atoms with E-state index in [9.17, 15) is 4.79 Å². The first-order valence-corrected chi connectivity index (χ1v) is 7.15. The van der Waals surface area contributed by atoms with Gasteiger partial charge in [0.1, 0.15) is 6.26 Å². The summed E-state index contributed by atoms with van der Waals surface area (Å²) in [5, 5.41) is 0. The monoisotopic (exact) mass is 314 g/mol. The van der Waals surface area contributed by atoms with Gasteiger partial charge in [-0.15, -0.1) is 11.6 Å². The Morgan fingerprint density at radius 2 is 1.64 bits per heavy atom. The molecule has 5 heteroatoms. The van der Waals surface area contributed by atoms with E-state index in [4.69, 9.17) is 21.8 Å². The van der Waals surface area contributed by atoms with Gasteiger partial charge in [-0.05, 0) is 24.3 Å². The van der Waals surface area contributed by atoms with Gasteiger partial charge in [0.05, 0.1) is 11.6 Å². The topological polar surface area (TPSA) is 69.1 Å². The van der Waals surface area contributed by atoms with E-state index in [0.29, 0.717) is 17.3 Å². The van der Waals surface area contributed by atoms with Crippen molar-refractivity contribution in [3.8, 4) is 11.5 Å². The molecular weight excluding hydrogens is 300 g/mol. The maximum Gasteiger partial charge on any atom is 0.248 e. The quantitative estimate of drug-likeness (QED) is 0.746. The summed E-state index contributed by atoms with van der Waals surface area (Å²) in [5.41, 5.74) is 7.26. The molecule has 22 heavy (non-hydrogen) atoms. The van der Waals surface area contributed by atoms with E-state index >= 15 is 0 Å². The van der Waals surface area contributed by atoms with E-state index in [0.717, 1.165) is 11.3 Å². The van der Waals surface area contributed by atoms with Crippen LogP contribution >= 0.6 is 11.6 Å². The van der Waals surface area contributed by atoms with Gasteiger partial charge in [-0.25, -0.2) is 4.98 Å². The smallest absolute Gasteiger partial charge is 0.248 e. The van der Waals surface area contributed by atoms with Crippen LogP contribution in [0.4, 0.5) is 0 Å². The van der Waals surface area contributed by atoms with Crippen molar-refractivity contribution in [2.24, 2.45) is 5.73 Å². The van der Waals surface area contributed by atoms with Gasteiger partial charge in [0.15, 0.2) is 0 Å². The molecular formula is C17H15ClN2O2. The normalized spacial score (nSPS) is 9.68. The molecule has 2 N–H and O–H groups in total. The SMILES string of the molecule is ClCc1coc(-c2ccccc2)n1.NC(=O)c1ccccc1. The summed E-state index contributed by atoms with van der Waals surface area (Å²) in [5.74, 6) is 0.628. The van der Waals surface area contributed by atoms with E-state index in [1.165, 1.54) is 0 Å². The van der Waals surface area contributed by atoms with Crippen molar-refractivity contribution < 1.29 is 9.21 Å². The van der Waals surface area contributed by atoms with Crippen molar-refractivity contribution in [1.29, 1.82) is 0 Å². The van der Waals surface area contributed by atoms with Crippen molar-refractivity contribution in [3.05, 3.63) is 78.2 Å². The second kappa shape index (κ2) is 8.00. The van der Waals surface area contributed by atoms with Gasteiger partial charge in [0.25, 0.3) is 0 Å². The first kappa shape index (κ1) is 15.8. The van der Waals surface area contributed by atoms with Gasteiger partial charge in [-0.3, -0.25) is 4.79 Å². The Morgan fingerprint density at radius 1 is 1.05 bits per heavy atom. The number of oxazole rings is 1. The maximum absolute atomic E-state index is 10.4. The van der Waals surface area contributed by atoms with Crippen LogP contribution < -0.4 is 5.73 Å². The molecule has 112 valence electrons. The first-order chi connectivity index (χ1) is 10.7. The lowest BCUT2D eigenvalue weighted by molar-refractivity contribution is 0.100. The average Bonchev–Trinajstić information content (AvgIpc) is 3.06. The zero-order chi connectivity index (χ0) is 15.8. The molecule has 0 aliphatic heterocycles. The Morgan fingerprint density at radius 3 is 2.09 bits per heavy atom. The Bertz CT molecular complexity index is 712. The van der Waals surface area contributed by atoms with E-state index in [1.54, 1.807) is 30.5 Å². The molecule has 0 saturated heterocycles. The highest BCUT2D eigenvalue weighted by molar-refractivity contribution is 6.16. The minimum Gasteiger partial charge on any atom is -0.444 e. The van der Waals surface area contributed by atoms with Crippen molar-refractivity contribution in [2.45, 2.75) is 5.88 Å². The summed E-state index contributed by atoms with van der Waals surface area (Å²) < 4.78 is 5.25. The number of primary amides is 1. The summed E-state index contributed by atoms with van der Waals surface area (Å²) in [6.45, 7) is 0. The van der Waals surface area contributed by atoms with Crippen molar-refractivity contribution >= 4 is 17.5 Å². The highest BCUT2D eigenvalue weighted by atomic mass is 35.5. The fourth-order valence-corrected chi connectivity index (χ4v) is 1.81. The Labute approximate surface area is 133 Å². The number of nitrogens with zero attached hydrogens (tertiary/aromatic N) is 1. The molecule has 0 aliphatic rings. The van der Waals surface area contributed by atoms with Crippen LogP contribution in [-0.2, 0) is 5.88 Å². The molecule has 1 heterocycles. The molecule has 0 fully saturated rings. The van der Waals surface area contributed by atoms with Crippen LogP contribution in [-0.4, -0.2) is 10.9 Å². The van der Waals surface area contributed by atoms with Gasteiger partial charge in [-0.1, -0.05) is 36.4 Å². The lowest BCUT2D eigenvalue weighted by Gasteiger charge is -1.91. The second-order valence-corrected chi connectivity index (χ2v) is 4.64. The number of hydrogen-bond donors (Lipinski definition) is 1. The van der Waals surface area contributed by atoms with Crippen LogP contribution in [0.2, 0.25) is 0 Å². The molecule has 0 aliphatic carbocycles.